The van der Waals surface area contributed by atoms with E-state index in [1.165, 1.54) is 44.9 Å². The summed E-state index contributed by atoms with van der Waals surface area (Å²) in [4.78, 5) is 0. The third-order valence-electron chi connectivity index (χ3n) is 2.06. The molecule has 1 heteroatoms. The highest BCUT2D eigenvalue weighted by atomic mass is 35.5. The number of hydrogen-bond donors (Lipinski definition) is 0. The van der Waals surface area contributed by atoms with Crippen molar-refractivity contribution in [1.82, 2.24) is 0 Å². The lowest BCUT2D eigenvalue weighted by Gasteiger charge is -1.98. The number of allylic oxidation sites excluding steroid dienone is 1. The van der Waals surface area contributed by atoms with E-state index in [1.807, 2.05) is 6.08 Å². The molecule has 0 rings (SSSR count). The van der Waals surface area contributed by atoms with Crippen LogP contribution in [-0.2, 0) is 0 Å². The smallest absolute Gasteiger partial charge is 0.000245 e. The zero-order chi connectivity index (χ0) is 9.07. The summed E-state index contributed by atoms with van der Waals surface area (Å²) in [5.41, 5.74) is 1.62. The molecule has 0 N–H and O–H groups in total. The Morgan fingerprint density at radius 2 is 1.50 bits per heavy atom. The molecule has 0 aliphatic rings. The lowest BCUT2D eigenvalue weighted by molar-refractivity contribution is 0.592. The number of unbranched alkanes of at least 4 members (excludes halogenated alkanes) is 7. The quantitative estimate of drug-likeness (QED) is 0.477. The lowest BCUT2D eigenvalue weighted by atomic mass is 10.1. The zero-order valence-corrected chi connectivity index (χ0v) is 8.95. The van der Waals surface area contributed by atoms with Gasteiger partial charge in [0, 0.05) is 5.54 Å². The summed E-state index contributed by atoms with van der Waals surface area (Å²) in [5.74, 6) is 0. The van der Waals surface area contributed by atoms with Crippen molar-refractivity contribution in [2.24, 2.45) is 0 Å². The largest absolute Gasteiger partial charge is 0.0933 e. The van der Waals surface area contributed by atoms with Crippen LogP contribution in [0.5, 0.6) is 0 Å². The van der Waals surface area contributed by atoms with Crippen LogP contribution in [0.2, 0.25) is 0 Å². The monoisotopic (exact) mass is 188 g/mol. The van der Waals surface area contributed by atoms with Crippen molar-refractivity contribution in [3.05, 3.63) is 11.6 Å². The summed E-state index contributed by atoms with van der Waals surface area (Å²) < 4.78 is 0. The first-order valence-corrected chi connectivity index (χ1v) is 5.60. The predicted molar refractivity (Wildman–Crippen MR) is 57.6 cm³/mol. The molecule has 0 aliphatic heterocycles. The van der Waals surface area contributed by atoms with Gasteiger partial charge in [-0.2, -0.15) is 0 Å². The number of rotatable bonds is 8. The molecule has 0 bridgehead atoms. The first-order chi connectivity index (χ1) is 5.91. The van der Waals surface area contributed by atoms with Gasteiger partial charge in [-0.3, -0.25) is 0 Å². The van der Waals surface area contributed by atoms with E-state index in [9.17, 15) is 0 Å². The molecular weight excluding hydrogens is 168 g/mol. The molecule has 0 heterocycles. The lowest BCUT2D eigenvalue weighted by Crippen LogP contribution is -1.78. The van der Waals surface area contributed by atoms with Crippen LogP contribution in [0.25, 0.3) is 0 Å². The van der Waals surface area contributed by atoms with Gasteiger partial charge in [-0.1, -0.05) is 63.1 Å². The average molecular weight is 189 g/mol. The van der Waals surface area contributed by atoms with Gasteiger partial charge in [-0.05, 0) is 12.8 Å². The summed E-state index contributed by atoms with van der Waals surface area (Å²) in [5, 5.41) is 0. The molecule has 0 fully saturated rings. The van der Waals surface area contributed by atoms with Crippen LogP contribution >= 0.6 is 11.6 Å². The molecule has 0 spiro atoms. The second-order valence-corrected chi connectivity index (χ2v) is 3.52. The van der Waals surface area contributed by atoms with Gasteiger partial charge >= 0.3 is 0 Å². The van der Waals surface area contributed by atoms with E-state index in [-0.39, 0.29) is 0 Å². The minimum Gasteiger partial charge on any atom is -0.0933 e. The maximum absolute atomic E-state index is 5.40. The highest BCUT2D eigenvalue weighted by Crippen LogP contribution is 2.08. The fourth-order valence-electron chi connectivity index (χ4n) is 1.28. The number of halogens is 1. The first kappa shape index (κ1) is 12.0. The molecule has 0 aromatic carbocycles. The van der Waals surface area contributed by atoms with Crippen LogP contribution < -0.4 is 0 Å². The van der Waals surface area contributed by atoms with Gasteiger partial charge in [0.1, 0.15) is 0 Å². The second-order valence-electron chi connectivity index (χ2n) is 3.27. The summed E-state index contributed by atoms with van der Waals surface area (Å²) in [6.07, 6.45) is 12.8. The minimum absolute atomic E-state index is 1.15. The van der Waals surface area contributed by atoms with Crippen LogP contribution in [0, 0.1) is 0 Å². The molecule has 0 radical (unpaired) electrons. The molecule has 72 valence electrons. The standard InChI is InChI=1S/C11H21Cl/c1-2-3-4-5-6-7-8-9-10-11-12/h10-11H,2-9H2,1H3. The van der Waals surface area contributed by atoms with Gasteiger partial charge in [0.05, 0.1) is 0 Å². The third kappa shape index (κ3) is 10.0. The van der Waals surface area contributed by atoms with Gasteiger partial charge < -0.3 is 0 Å². The van der Waals surface area contributed by atoms with E-state index in [4.69, 9.17) is 11.6 Å². The highest BCUT2D eigenvalue weighted by Gasteiger charge is 1.88. The molecule has 0 aromatic rings. The predicted octanol–water partition coefficient (Wildman–Crippen LogP) is 4.88. The van der Waals surface area contributed by atoms with Crippen molar-refractivity contribution < 1.29 is 0 Å². The van der Waals surface area contributed by atoms with Crippen molar-refractivity contribution in [3.63, 3.8) is 0 Å². The highest BCUT2D eigenvalue weighted by molar-refractivity contribution is 6.25. The van der Waals surface area contributed by atoms with Crippen molar-refractivity contribution >= 4 is 11.6 Å². The fraction of sp³-hybridized carbons (Fsp3) is 0.818. The number of hydrogen-bond acceptors (Lipinski definition) is 0. The molecule has 12 heavy (non-hydrogen) atoms. The second kappa shape index (κ2) is 11.0. The van der Waals surface area contributed by atoms with E-state index >= 15 is 0 Å². The Morgan fingerprint density at radius 1 is 0.917 bits per heavy atom. The van der Waals surface area contributed by atoms with E-state index in [1.54, 1.807) is 5.54 Å². The molecule has 0 nitrogen and oxygen atoms in total. The normalized spacial score (nSPS) is 11.2. The Hall–Kier alpha value is 0.0300. The van der Waals surface area contributed by atoms with Crippen molar-refractivity contribution in [1.29, 1.82) is 0 Å². The van der Waals surface area contributed by atoms with Crippen LogP contribution in [0.3, 0.4) is 0 Å². The topological polar surface area (TPSA) is 0 Å². The van der Waals surface area contributed by atoms with Gasteiger partial charge in [-0.15, -0.1) is 0 Å². The SMILES string of the molecule is CCCCCCCCCC=CCl. The van der Waals surface area contributed by atoms with Gasteiger partial charge in [0.2, 0.25) is 0 Å². The zero-order valence-electron chi connectivity index (χ0n) is 8.19. The summed E-state index contributed by atoms with van der Waals surface area (Å²) in [6, 6.07) is 0. The Morgan fingerprint density at radius 3 is 2.08 bits per heavy atom. The summed E-state index contributed by atoms with van der Waals surface area (Å²) >= 11 is 5.40. The minimum atomic E-state index is 1.15. The van der Waals surface area contributed by atoms with E-state index in [0.29, 0.717) is 0 Å². The van der Waals surface area contributed by atoms with Crippen LogP contribution in [-0.4, -0.2) is 0 Å². The Kier molecular flexibility index (Phi) is 11.1. The molecular formula is C11H21Cl. The average Bonchev–Trinajstić information content (AvgIpc) is 2.10. The molecule has 0 saturated carbocycles. The van der Waals surface area contributed by atoms with E-state index < -0.39 is 0 Å². The van der Waals surface area contributed by atoms with Gasteiger partial charge in [-0.25, -0.2) is 0 Å². The van der Waals surface area contributed by atoms with E-state index in [0.717, 1.165) is 6.42 Å². The van der Waals surface area contributed by atoms with Gasteiger partial charge in [0.25, 0.3) is 0 Å². The molecule has 0 atom stereocenters. The van der Waals surface area contributed by atoms with Crippen molar-refractivity contribution in [2.75, 3.05) is 0 Å². The maximum atomic E-state index is 5.40. The fourth-order valence-corrected chi connectivity index (χ4v) is 1.41. The van der Waals surface area contributed by atoms with Gasteiger partial charge in [0.15, 0.2) is 0 Å². The maximum Gasteiger partial charge on any atom is 0.000245 e. The van der Waals surface area contributed by atoms with Crippen LogP contribution in [0.15, 0.2) is 11.6 Å². The Bertz CT molecular complexity index is 97.2. The van der Waals surface area contributed by atoms with Crippen LogP contribution in [0.4, 0.5) is 0 Å². The van der Waals surface area contributed by atoms with Crippen molar-refractivity contribution in [2.45, 2.75) is 58.3 Å². The Labute approximate surface area is 82.0 Å². The molecule has 0 saturated heterocycles. The van der Waals surface area contributed by atoms with Crippen LogP contribution in [0.1, 0.15) is 58.3 Å². The van der Waals surface area contributed by atoms with Crippen molar-refractivity contribution in [3.8, 4) is 0 Å². The Balaban J connectivity index is 2.81. The summed E-state index contributed by atoms with van der Waals surface area (Å²) in [6.45, 7) is 2.26. The third-order valence-corrected chi connectivity index (χ3v) is 2.24. The molecule has 0 unspecified atom stereocenters. The molecule has 0 amide bonds. The summed E-state index contributed by atoms with van der Waals surface area (Å²) in [7, 11) is 0. The molecule has 0 aromatic heterocycles. The van der Waals surface area contributed by atoms with E-state index in [2.05, 4.69) is 6.92 Å². The first-order valence-electron chi connectivity index (χ1n) is 5.17. The molecule has 0 aliphatic carbocycles.